The van der Waals surface area contributed by atoms with Gasteiger partial charge in [0, 0.05) is 58.8 Å². The minimum atomic E-state index is 0.593. The molecule has 0 unspecified atom stereocenters. The number of fused-ring (bicyclic) bond motifs is 6. The van der Waals surface area contributed by atoms with E-state index >= 15 is 0 Å². The van der Waals surface area contributed by atoms with Gasteiger partial charge in [0.05, 0.1) is 0 Å². The zero-order valence-corrected chi connectivity index (χ0v) is 30.9. The molecule has 11 rings (SSSR count). The Balaban J connectivity index is 1.13. The number of furan rings is 1. The van der Waals surface area contributed by atoms with Crippen molar-refractivity contribution in [2.24, 2.45) is 0 Å². The molecular weight excluding hydrogens is 703 g/mol. The lowest BCUT2D eigenvalue weighted by Crippen LogP contribution is -2.00. The van der Waals surface area contributed by atoms with Gasteiger partial charge in [-0.3, -0.25) is 0 Å². The molecule has 0 aliphatic rings. The first-order valence-corrected chi connectivity index (χ1v) is 19.5. The van der Waals surface area contributed by atoms with Crippen LogP contribution in [0.1, 0.15) is 0 Å². The summed E-state index contributed by atoms with van der Waals surface area (Å²) < 4.78 is 9.40. The Kier molecular flexibility index (Phi) is 7.64. The van der Waals surface area contributed by atoms with E-state index in [1.165, 1.54) is 31.3 Å². The Hall–Kier alpha value is -7.21. The van der Waals surface area contributed by atoms with E-state index in [2.05, 4.69) is 140 Å². The highest BCUT2D eigenvalue weighted by Crippen LogP contribution is 2.46. The van der Waals surface area contributed by atoms with E-state index in [-0.39, 0.29) is 0 Å². The molecule has 0 saturated heterocycles. The fraction of sp³-hybridized carbons (Fsp3) is 0. The summed E-state index contributed by atoms with van der Waals surface area (Å²) in [6.07, 6.45) is 0. The van der Waals surface area contributed by atoms with Gasteiger partial charge in [-0.05, 0) is 52.6 Å². The van der Waals surface area contributed by atoms with E-state index in [1.54, 1.807) is 0 Å². The Bertz CT molecular complexity index is 3240. The van der Waals surface area contributed by atoms with Crippen LogP contribution >= 0.6 is 11.3 Å². The molecule has 0 spiro atoms. The zero-order chi connectivity index (χ0) is 37.0. The molecule has 0 radical (unpaired) electrons. The highest BCUT2D eigenvalue weighted by Gasteiger charge is 2.22. The van der Waals surface area contributed by atoms with Crippen molar-refractivity contribution in [3.8, 4) is 67.5 Å². The fourth-order valence-corrected chi connectivity index (χ4v) is 9.09. The monoisotopic (exact) mass is 733 g/mol. The maximum atomic E-state index is 6.90. The summed E-state index contributed by atoms with van der Waals surface area (Å²) in [5, 5.41) is 4.50. The third kappa shape index (κ3) is 5.48. The molecule has 3 aromatic heterocycles. The van der Waals surface area contributed by atoms with E-state index in [0.29, 0.717) is 17.5 Å². The fourth-order valence-electron chi connectivity index (χ4n) is 7.88. The van der Waals surface area contributed by atoms with Gasteiger partial charge in [0.2, 0.25) is 0 Å². The highest BCUT2D eigenvalue weighted by molar-refractivity contribution is 7.26. The number of thiophene rings is 1. The van der Waals surface area contributed by atoms with Gasteiger partial charge in [-0.2, -0.15) is 0 Å². The average molecular weight is 734 g/mol. The Labute approximate surface area is 327 Å². The first kappa shape index (κ1) is 32.2. The van der Waals surface area contributed by atoms with Crippen LogP contribution in [-0.4, -0.2) is 15.0 Å². The quantitative estimate of drug-likeness (QED) is 0.171. The summed E-state index contributed by atoms with van der Waals surface area (Å²) in [7, 11) is 0. The van der Waals surface area contributed by atoms with Crippen LogP contribution in [0.25, 0.3) is 110 Å². The molecular formula is C51H31N3OS. The Morgan fingerprint density at radius 3 is 1.71 bits per heavy atom. The van der Waals surface area contributed by atoms with Gasteiger partial charge >= 0.3 is 0 Å². The molecule has 3 heterocycles. The number of nitrogens with zero attached hydrogens (tertiary/aromatic N) is 3. The van der Waals surface area contributed by atoms with Crippen molar-refractivity contribution in [2.45, 2.75) is 0 Å². The van der Waals surface area contributed by atoms with Gasteiger partial charge in [-0.15, -0.1) is 11.3 Å². The predicted molar refractivity (Wildman–Crippen MR) is 233 cm³/mol. The second kappa shape index (κ2) is 13.3. The van der Waals surface area contributed by atoms with Crippen molar-refractivity contribution in [3.05, 3.63) is 188 Å². The number of hydrogen-bond donors (Lipinski definition) is 0. The van der Waals surface area contributed by atoms with E-state index < -0.39 is 0 Å². The van der Waals surface area contributed by atoms with E-state index in [4.69, 9.17) is 19.4 Å². The average Bonchev–Trinajstić information content (AvgIpc) is 3.86. The molecule has 8 aromatic carbocycles. The van der Waals surface area contributed by atoms with Crippen molar-refractivity contribution in [1.82, 2.24) is 15.0 Å². The van der Waals surface area contributed by atoms with Gasteiger partial charge in [0.1, 0.15) is 11.2 Å². The molecule has 262 valence electrons. The summed E-state index contributed by atoms with van der Waals surface area (Å²) in [6, 6.07) is 65.5. The van der Waals surface area contributed by atoms with Crippen LogP contribution in [0, 0.1) is 0 Å². The van der Waals surface area contributed by atoms with Gasteiger partial charge in [0.25, 0.3) is 0 Å². The maximum absolute atomic E-state index is 6.90. The summed E-state index contributed by atoms with van der Waals surface area (Å²) in [5.74, 6) is 1.82. The second-order valence-corrected chi connectivity index (χ2v) is 15.0. The highest BCUT2D eigenvalue weighted by atomic mass is 32.1. The molecule has 0 N–H and O–H groups in total. The molecule has 0 atom stereocenters. The predicted octanol–water partition coefficient (Wildman–Crippen LogP) is 14.1. The molecule has 0 fully saturated rings. The first-order chi connectivity index (χ1) is 27.7. The minimum absolute atomic E-state index is 0.593. The number of aromatic nitrogens is 3. The van der Waals surface area contributed by atoms with Gasteiger partial charge in [0.15, 0.2) is 17.5 Å². The van der Waals surface area contributed by atoms with Crippen LogP contribution in [0.3, 0.4) is 0 Å². The Morgan fingerprint density at radius 2 is 0.929 bits per heavy atom. The first-order valence-electron chi connectivity index (χ1n) is 18.7. The molecule has 0 amide bonds. The SMILES string of the molecule is c1ccc(-c2cccc(-c3nc(-c4ccccc4)nc(-c4cccc5oc6c(-c7cc(-c8ccccc8)cc8c7sc7ccccc78)cccc6c45)n3)c2)cc1. The number of rotatable bonds is 6. The van der Waals surface area contributed by atoms with Gasteiger partial charge < -0.3 is 4.42 Å². The van der Waals surface area contributed by atoms with Crippen molar-refractivity contribution in [3.63, 3.8) is 0 Å². The summed E-state index contributed by atoms with van der Waals surface area (Å²) in [6.45, 7) is 0. The van der Waals surface area contributed by atoms with Crippen molar-refractivity contribution in [2.75, 3.05) is 0 Å². The standard InChI is InChI=1S/C51H31N3OS/c1-4-15-32(16-5-1)35-21-12-22-36(29-35)50-52-49(34-19-8-3-9-20-34)53-51(54-50)41-26-14-27-44-46(41)40-25-13-24-39(47(40)55-44)43-31-37(33-17-6-2-7-18-33)30-42-38-23-10-11-28-45(38)56-48(42)43/h1-31H. The molecule has 56 heavy (non-hydrogen) atoms. The van der Waals surface area contributed by atoms with Crippen LogP contribution in [0.2, 0.25) is 0 Å². The van der Waals surface area contributed by atoms with E-state index in [1.807, 2.05) is 59.9 Å². The molecule has 0 bridgehead atoms. The molecule has 0 aliphatic carbocycles. The largest absolute Gasteiger partial charge is 0.455 e. The van der Waals surface area contributed by atoms with E-state index in [9.17, 15) is 0 Å². The molecule has 11 aromatic rings. The number of para-hydroxylation sites is 1. The summed E-state index contributed by atoms with van der Waals surface area (Å²) in [5.41, 5.74) is 11.2. The lowest BCUT2D eigenvalue weighted by molar-refractivity contribution is 0.670. The maximum Gasteiger partial charge on any atom is 0.164 e. The molecule has 4 nitrogen and oxygen atoms in total. The van der Waals surface area contributed by atoms with Crippen LogP contribution in [0.4, 0.5) is 0 Å². The number of hydrogen-bond acceptors (Lipinski definition) is 5. The smallest absolute Gasteiger partial charge is 0.164 e. The van der Waals surface area contributed by atoms with Gasteiger partial charge in [-0.25, -0.2) is 15.0 Å². The molecule has 0 saturated carbocycles. The third-order valence-corrected chi connectivity index (χ3v) is 11.8. The lowest BCUT2D eigenvalue weighted by Gasteiger charge is -2.10. The Morgan fingerprint density at radius 1 is 0.357 bits per heavy atom. The van der Waals surface area contributed by atoms with Crippen LogP contribution in [0.5, 0.6) is 0 Å². The van der Waals surface area contributed by atoms with Crippen LogP contribution in [0.15, 0.2) is 192 Å². The van der Waals surface area contributed by atoms with Crippen molar-refractivity contribution >= 4 is 53.4 Å². The summed E-state index contributed by atoms with van der Waals surface area (Å²) in [4.78, 5) is 15.4. The topological polar surface area (TPSA) is 51.8 Å². The molecule has 5 heteroatoms. The number of benzene rings is 8. The minimum Gasteiger partial charge on any atom is -0.455 e. The van der Waals surface area contributed by atoms with Crippen molar-refractivity contribution < 1.29 is 4.42 Å². The van der Waals surface area contributed by atoms with Gasteiger partial charge in [-0.1, -0.05) is 158 Å². The molecule has 0 aliphatic heterocycles. The lowest BCUT2D eigenvalue weighted by atomic mass is 9.94. The van der Waals surface area contributed by atoms with Crippen LogP contribution in [-0.2, 0) is 0 Å². The normalized spacial score (nSPS) is 11.6. The summed E-state index contributed by atoms with van der Waals surface area (Å²) >= 11 is 1.83. The van der Waals surface area contributed by atoms with Crippen molar-refractivity contribution in [1.29, 1.82) is 0 Å². The second-order valence-electron chi connectivity index (χ2n) is 13.9. The van der Waals surface area contributed by atoms with Crippen LogP contribution < -0.4 is 0 Å². The van der Waals surface area contributed by atoms with E-state index in [0.717, 1.165) is 60.9 Å². The zero-order valence-electron chi connectivity index (χ0n) is 30.1. The third-order valence-electron chi connectivity index (χ3n) is 10.5.